The van der Waals surface area contributed by atoms with Gasteiger partial charge < -0.3 is 10.2 Å². The Morgan fingerprint density at radius 2 is 2.05 bits per heavy atom. The zero-order chi connectivity index (χ0) is 15.4. The summed E-state index contributed by atoms with van der Waals surface area (Å²) in [5, 5.41) is 3.55. The molecule has 0 heterocycles. The summed E-state index contributed by atoms with van der Waals surface area (Å²) in [6, 6.07) is 7.76. The van der Waals surface area contributed by atoms with Gasteiger partial charge in [-0.3, -0.25) is 0 Å². The van der Waals surface area contributed by atoms with Crippen LogP contribution in [0.2, 0.25) is 0 Å². The van der Waals surface area contributed by atoms with Crippen LogP contribution in [0.3, 0.4) is 0 Å². The molecule has 3 atom stereocenters. The van der Waals surface area contributed by atoms with Crippen molar-refractivity contribution in [2.45, 2.75) is 58.5 Å². The summed E-state index contributed by atoms with van der Waals surface area (Å²) in [6.07, 6.45) is 5.45. The molecule has 1 aromatic rings. The average Bonchev–Trinajstić information content (AvgIpc) is 2.47. The van der Waals surface area contributed by atoms with Crippen LogP contribution in [-0.4, -0.2) is 19.6 Å². The lowest BCUT2D eigenvalue weighted by molar-refractivity contribution is 0.321. The van der Waals surface area contributed by atoms with Crippen molar-refractivity contribution < 1.29 is 0 Å². The number of anilines is 1. The van der Waals surface area contributed by atoms with Crippen molar-refractivity contribution in [1.82, 2.24) is 5.32 Å². The fourth-order valence-electron chi connectivity index (χ4n) is 3.66. The number of benzene rings is 1. The van der Waals surface area contributed by atoms with Crippen molar-refractivity contribution in [1.29, 1.82) is 0 Å². The first-order valence-corrected chi connectivity index (χ1v) is 9.09. The molecule has 0 spiro atoms. The summed E-state index contributed by atoms with van der Waals surface area (Å²) in [6.45, 7) is 7.83. The van der Waals surface area contributed by atoms with Crippen LogP contribution in [0, 0.1) is 5.92 Å². The van der Waals surface area contributed by atoms with Crippen LogP contribution in [0.15, 0.2) is 22.7 Å². The Morgan fingerprint density at radius 3 is 2.71 bits per heavy atom. The third kappa shape index (κ3) is 4.01. The Bertz CT molecular complexity index is 461. The first-order valence-electron chi connectivity index (χ1n) is 8.30. The molecule has 0 aliphatic heterocycles. The van der Waals surface area contributed by atoms with E-state index in [1.807, 2.05) is 0 Å². The van der Waals surface area contributed by atoms with E-state index in [1.54, 1.807) is 0 Å². The molecule has 0 aromatic heterocycles. The lowest BCUT2D eigenvalue weighted by Crippen LogP contribution is -2.39. The molecule has 1 fully saturated rings. The number of rotatable bonds is 5. The standard InChI is InChI=1S/C18H29BrN2/c1-5-20-14(3)16-12-15(19)10-11-18(16)21(4)17-9-7-6-8-13(17)2/h10-14,17,20H,5-9H2,1-4H3. The van der Waals surface area contributed by atoms with Crippen LogP contribution in [0.5, 0.6) is 0 Å². The highest BCUT2D eigenvalue weighted by Gasteiger charge is 2.27. The molecule has 0 bridgehead atoms. The SMILES string of the molecule is CCNC(C)c1cc(Br)ccc1N(C)C1CCCCC1C. The maximum atomic E-state index is 3.63. The summed E-state index contributed by atoms with van der Waals surface area (Å²) >= 11 is 3.63. The minimum atomic E-state index is 0.379. The molecule has 1 aliphatic rings. The van der Waals surface area contributed by atoms with Gasteiger partial charge in [-0.15, -0.1) is 0 Å². The van der Waals surface area contributed by atoms with Crippen LogP contribution in [0.1, 0.15) is 58.1 Å². The maximum Gasteiger partial charge on any atom is 0.0415 e. The van der Waals surface area contributed by atoms with Crippen LogP contribution in [-0.2, 0) is 0 Å². The van der Waals surface area contributed by atoms with E-state index in [9.17, 15) is 0 Å². The Hall–Kier alpha value is -0.540. The maximum absolute atomic E-state index is 3.63. The predicted molar refractivity (Wildman–Crippen MR) is 96.1 cm³/mol. The predicted octanol–water partition coefficient (Wildman–Crippen LogP) is 5.13. The second kappa shape index (κ2) is 7.64. The molecule has 0 amide bonds. The summed E-state index contributed by atoms with van der Waals surface area (Å²) < 4.78 is 1.16. The molecule has 118 valence electrons. The third-order valence-corrected chi connectivity index (χ3v) is 5.40. The first-order chi connectivity index (χ1) is 10.0. The lowest BCUT2D eigenvalue weighted by atomic mass is 9.84. The summed E-state index contributed by atoms with van der Waals surface area (Å²) in [5.74, 6) is 0.787. The van der Waals surface area contributed by atoms with Gasteiger partial charge >= 0.3 is 0 Å². The highest BCUT2D eigenvalue weighted by atomic mass is 79.9. The van der Waals surface area contributed by atoms with Crippen molar-refractivity contribution in [2.75, 3.05) is 18.5 Å². The Labute approximate surface area is 138 Å². The highest BCUT2D eigenvalue weighted by molar-refractivity contribution is 9.10. The smallest absolute Gasteiger partial charge is 0.0415 e. The minimum Gasteiger partial charge on any atom is -0.371 e. The second-order valence-electron chi connectivity index (χ2n) is 6.42. The van der Waals surface area contributed by atoms with E-state index in [0.717, 1.165) is 16.9 Å². The largest absolute Gasteiger partial charge is 0.371 e. The van der Waals surface area contributed by atoms with Gasteiger partial charge in [-0.25, -0.2) is 0 Å². The van der Waals surface area contributed by atoms with Crippen LogP contribution < -0.4 is 10.2 Å². The first kappa shape index (κ1) is 16.8. The zero-order valence-electron chi connectivity index (χ0n) is 13.8. The Balaban J connectivity index is 2.28. The molecule has 21 heavy (non-hydrogen) atoms. The molecule has 1 N–H and O–H groups in total. The van der Waals surface area contributed by atoms with E-state index in [2.05, 4.69) is 72.2 Å². The van der Waals surface area contributed by atoms with E-state index in [-0.39, 0.29) is 0 Å². The van der Waals surface area contributed by atoms with Crippen molar-refractivity contribution in [2.24, 2.45) is 5.92 Å². The van der Waals surface area contributed by atoms with Gasteiger partial charge in [0, 0.05) is 29.3 Å². The number of nitrogens with one attached hydrogen (secondary N) is 1. The monoisotopic (exact) mass is 352 g/mol. The van der Waals surface area contributed by atoms with Crippen LogP contribution in [0.25, 0.3) is 0 Å². The molecule has 3 heteroatoms. The number of halogens is 1. The molecule has 3 unspecified atom stereocenters. The van der Waals surface area contributed by atoms with E-state index in [1.165, 1.54) is 36.9 Å². The number of hydrogen-bond acceptors (Lipinski definition) is 2. The van der Waals surface area contributed by atoms with Crippen molar-refractivity contribution >= 4 is 21.6 Å². The van der Waals surface area contributed by atoms with Gasteiger partial charge in [0.15, 0.2) is 0 Å². The van der Waals surface area contributed by atoms with Crippen LogP contribution in [0.4, 0.5) is 5.69 Å². The quantitative estimate of drug-likeness (QED) is 0.789. The minimum absolute atomic E-state index is 0.379. The van der Waals surface area contributed by atoms with Crippen LogP contribution >= 0.6 is 15.9 Å². The molecule has 2 nitrogen and oxygen atoms in total. The topological polar surface area (TPSA) is 15.3 Å². The summed E-state index contributed by atoms with van der Waals surface area (Å²) in [5.41, 5.74) is 2.77. The number of hydrogen-bond donors (Lipinski definition) is 1. The fraction of sp³-hybridized carbons (Fsp3) is 0.667. The molecule has 1 saturated carbocycles. The van der Waals surface area contributed by atoms with Gasteiger partial charge in [0.2, 0.25) is 0 Å². The molecule has 0 saturated heterocycles. The van der Waals surface area contributed by atoms with E-state index < -0.39 is 0 Å². The van der Waals surface area contributed by atoms with Gasteiger partial charge in [-0.05, 0) is 56.0 Å². The molecule has 2 rings (SSSR count). The molecule has 0 radical (unpaired) electrons. The fourth-order valence-corrected chi connectivity index (χ4v) is 4.04. The lowest BCUT2D eigenvalue weighted by Gasteiger charge is -2.39. The molecule has 1 aliphatic carbocycles. The van der Waals surface area contributed by atoms with Gasteiger partial charge in [0.25, 0.3) is 0 Å². The van der Waals surface area contributed by atoms with Gasteiger partial charge in [0.05, 0.1) is 0 Å². The normalized spacial score (nSPS) is 23.9. The Morgan fingerprint density at radius 1 is 1.33 bits per heavy atom. The average molecular weight is 353 g/mol. The molecular weight excluding hydrogens is 324 g/mol. The van der Waals surface area contributed by atoms with E-state index in [4.69, 9.17) is 0 Å². The third-order valence-electron chi connectivity index (χ3n) is 4.91. The van der Waals surface area contributed by atoms with Crippen molar-refractivity contribution in [3.05, 3.63) is 28.2 Å². The van der Waals surface area contributed by atoms with Crippen molar-refractivity contribution in [3.8, 4) is 0 Å². The summed E-state index contributed by atoms with van der Waals surface area (Å²) in [4.78, 5) is 2.53. The zero-order valence-corrected chi connectivity index (χ0v) is 15.4. The highest BCUT2D eigenvalue weighted by Crippen LogP contribution is 2.35. The van der Waals surface area contributed by atoms with Gasteiger partial charge in [-0.2, -0.15) is 0 Å². The molecular formula is C18H29BrN2. The van der Waals surface area contributed by atoms with Crippen molar-refractivity contribution in [3.63, 3.8) is 0 Å². The second-order valence-corrected chi connectivity index (χ2v) is 7.34. The van der Waals surface area contributed by atoms with Gasteiger partial charge in [0.1, 0.15) is 0 Å². The van der Waals surface area contributed by atoms with E-state index in [0.29, 0.717) is 12.1 Å². The number of nitrogens with zero attached hydrogens (tertiary/aromatic N) is 1. The Kier molecular flexibility index (Phi) is 6.12. The van der Waals surface area contributed by atoms with Gasteiger partial charge in [-0.1, -0.05) is 42.6 Å². The van der Waals surface area contributed by atoms with E-state index >= 15 is 0 Å². The summed E-state index contributed by atoms with van der Waals surface area (Å²) in [7, 11) is 2.28. The molecule has 1 aromatic carbocycles.